The third kappa shape index (κ3) is 4.72. The van der Waals surface area contributed by atoms with Gasteiger partial charge >= 0.3 is 0 Å². The van der Waals surface area contributed by atoms with Crippen LogP contribution in [0.1, 0.15) is 59.9 Å². The summed E-state index contributed by atoms with van der Waals surface area (Å²) in [6, 6.07) is 3.68. The normalized spacial score (nSPS) is 28.3. The molecule has 3 aliphatic rings. The maximum Gasteiger partial charge on any atom is 0.295 e. The summed E-state index contributed by atoms with van der Waals surface area (Å²) in [5, 5.41) is 0. The fraction of sp³-hybridized carbons (Fsp3) is 0.600. The molecule has 1 unspecified atom stereocenters. The van der Waals surface area contributed by atoms with Crippen molar-refractivity contribution in [3.8, 4) is 0 Å². The third-order valence-electron chi connectivity index (χ3n) is 6.53. The number of halogens is 3. The highest BCUT2D eigenvalue weighted by Crippen LogP contribution is 2.60. The molecule has 2 heterocycles. The van der Waals surface area contributed by atoms with Crippen molar-refractivity contribution in [3.63, 3.8) is 0 Å². The highest BCUT2D eigenvalue weighted by Gasteiger charge is 2.60. The summed E-state index contributed by atoms with van der Waals surface area (Å²) < 4.78 is 78.5. The zero-order chi connectivity index (χ0) is 26.0. The molecule has 5 nitrogen and oxygen atoms in total. The van der Waals surface area contributed by atoms with Crippen molar-refractivity contribution in [2.75, 3.05) is 13.2 Å². The van der Waals surface area contributed by atoms with Crippen LogP contribution in [0, 0.1) is 17.2 Å². The van der Waals surface area contributed by atoms with Crippen molar-refractivity contribution in [1.82, 2.24) is 5.48 Å². The van der Waals surface area contributed by atoms with E-state index in [-0.39, 0.29) is 28.2 Å². The monoisotopic (exact) mass is 531 g/mol. The molecule has 1 N–H and O–H groups in total. The molecule has 1 aromatic carbocycles. The summed E-state index contributed by atoms with van der Waals surface area (Å²) >= 11 is 0.724. The van der Waals surface area contributed by atoms with Gasteiger partial charge in [0, 0.05) is 22.6 Å². The van der Waals surface area contributed by atoms with Gasteiger partial charge in [0.1, 0.15) is 5.82 Å². The van der Waals surface area contributed by atoms with E-state index in [0.29, 0.717) is 19.4 Å². The maximum atomic E-state index is 16.0. The third-order valence-corrected chi connectivity index (χ3v) is 10.1. The fourth-order valence-corrected chi connectivity index (χ4v) is 8.55. The van der Waals surface area contributed by atoms with Crippen LogP contribution in [0.4, 0.5) is 13.2 Å². The van der Waals surface area contributed by atoms with Gasteiger partial charge in [-0.15, -0.1) is 0 Å². The molecule has 4 rings (SSSR count). The second-order valence-corrected chi connectivity index (χ2v) is 14.6. The van der Waals surface area contributed by atoms with Crippen molar-refractivity contribution in [2.45, 2.75) is 74.9 Å². The molecular weight excluding hydrogens is 499 g/mol. The van der Waals surface area contributed by atoms with E-state index in [0.717, 1.165) is 23.9 Å². The number of nitrogens with one attached hydrogen (secondary N) is 1. The van der Waals surface area contributed by atoms with E-state index in [1.54, 1.807) is 0 Å². The van der Waals surface area contributed by atoms with Crippen LogP contribution >= 0.6 is 11.8 Å². The Morgan fingerprint density at radius 1 is 1.26 bits per heavy atom. The molecule has 1 fully saturated rings. The van der Waals surface area contributed by atoms with Gasteiger partial charge in [0.05, 0.1) is 12.2 Å². The average Bonchev–Trinajstić information content (AvgIpc) is 2.99. The minimum atomic E-state index is -4.55. The quantitative estimate of drug-likeness (QED) is 0.375. The molecule has 2 aliphatic heterocycles. The highest BCUT2D eigenvalue weighted by molar-refractivity contribution is 8.13. The van der Waals surface area contributed by atoms with Gasteiger partial charge < -0.3 is 0 Å². The molecule has 1 aromatic rings. The molecule has 194 valence electrons. The van der Waals surface area contributed by atoms with E-state index in [1.165, 1.54) is 19.1 Å². The summed E-state index contributed by atoms with van der Waals surface area (Å²) in [5.74, 6) is -4.69. The van der Waals surface area contributed by atoms with E-state index in [9.17, 15) is 12.8 Å². The molecule has 0 amide bonds. The van der Waals surface area contributed by atoms with Gasteiger partial charge in [-0.2, -0.15) is 17.2 Å². The van der Waals surface area contributed by atoms with Gasteiger partial charge in [-0.1, -0.05) is 38.6 Å². The zero-order valence-corrected chi connectivity index (χ0v) is 22.4. The van der Waals surface area contributed by atoms with Gasteiger partial charge in [0.25, 0.3) is 16.0 Å². The first kappa shape index (κ1) is 26.7. The molecule has 0 spiro atoms. The number of rotatable bonds is 4. The average molecular weight is 532 g/mol. The molecule has 2 atom stereocenters. The highest BCUT2D eigenvalue weighted by atomic mass is 32.3. The summed E-state index contributed by atoms with van der Waals surface area (Å²) in [6.45, 7) is 10.6. The lowest BCUT2D eigenvalue weighted by Gasteiger charge is -2.42. The van der Waals surface area contributed by atoms with Gasteiger partial charge in [-0.3, -0.25) is 9.02 Å². The van der Waals surface area contributed by atoms with Crippen molar-refractivity contribution < 1.29 is 30.6 Å². The molecule has 0 saturated carbocycles. The van der Waals surface area contributed by atoms with Gasteiger partial charge in [-0.05, 0) is 74.3 Å². The van der Waals surface area contributed by atoms with Gasteiger partial charge in [-0.25, -0.2) is 9.87 Å². The van der Waals surface area contributed by atoms with Crippen molar-refractivity contribution >= 4 is 27.5 Å². The van der Waals surface area contributed by atoms with Crippen molar-refractivity contribution in [1.29, 1.82) is 0 Å². The SMILES string of the molecule is CC1=C([C@@H]2CCNOC(C)(C)C2)C2(S(=O)(=O)OCC(C)(C)C)C=C(c3ccc(F)c(c3)S2)C1(F)F. The van der Waals surface area contributed by atoms with Crippen LogP contribution in [-0.2, 0) is 19.1 Å². The summed E-state index contributed by atoms with van der Waals surface area (Å²) in [7, 11) is -4.55. The number of benzene rings is 1. The largest absolute Gasteiger partial charge is 0.296 e. The topological polar surface area (TPSA) is 64.6 Å². The zero-order valence-electron chi connectivity index (χ0n) is 20.8. The Hall–Kier alpha value is -1.33. The molecule has 1 saturated heterocycles. The van der Waals surface area contributed by atoms with E-state index in [1.807, 2.05) is 34.6 Å². The van der Waals surface area contributed by atoms with Crippen LogP contribution in [0.15, 0.2) is 40.3 Å². The molecule has 0 radical (unpaired) electrons. The second-order valence-electron chi connectivity index (χ2n) is 11.3. The first-order chi connectivity index (χ1) is 16.0. The number of alkyl halides is 2. The number of fused-ring (bicyclic) bond motifs is 4. The Morgan fingerprint density at radius 3 is 2.60 bits per heavy atom. The van der Waals surface area contributed by atoms with Crippen LogP contribution in [0.2, 0.25) is 0 Å². The van der Waals surface area contributed by atoms with Gasteiger partial charge in [0.2, 0.25) is 0 Å². The molecule has 0 aromatic heterocycles. The standard InChI is InChI=1S/C25H32F3NO4S2/c1-15-21(17-9-10-29-33-23(5,6)12-17)24(35(30,31)32-14-22(2,3)4)13-18(25(15,27)28)16-7-8-19(26)20(11-16)34-24/h7-8,11,13,17,29H,9-10,12,14H2,1-6H3/t17-,24?/m1/s1. The molecular formula is C25H32F3NO4S2. The Bertz CT molecular complexity index is 1200. The first-order valence-corrected chi connectivity index (χ1v) is 13.8. The van der Waals surface area contributed by atoms with Crippen molar-refractivity contribution in [2.24, 2.45) is 11.3 Å². The summed E-state index contributed by atoms with van der Waals surface area (Å²) in [5.41, 5.74) is 0.952. The predicted molar refractivity (Wildman–Crippen MR) is 131 cm³/mol. The van der Waals surface area contributed by atoms with Crippen LogP contribution < -0.4 is 5.48 Å². The summed E-state index contributed by atoms with van der Waals surface area (Å²) in [6.07, 6.45) is 1.77. The smallest absolute Gasteiger partial charge is 0.295 e. The second kappa shape index (κ2) is 8.62. The van der Waals surface area contributed by atoms with E-state index >= 15 is 8.78 Å². The fourth-order valence-electron chi connectivity index (χ4n) is 4.91. The van der Waals surface area contributed by atoms with Crippen LogP contribution in [0.3, 0.4) is 0 Å². The van der Waals surface area contributed by atoms with E-state index in [4.69, 9.17) is 9.02 Å². The van der Waals surface area contributed by atoms with Gasteiger partial charge in [0.15, 0.2) is 4.08 Å². The Labute approximate surface area is 209 Å². The lowest BCUT2D eigenvalue weighted by atomic mass is 9.76. The van der Waals surface area contributed by atoms with Crippen LogP contribution in [-0.4, -0.2) is 37.2 Å². The Balaban J connectivity index is 2.00. The van der Waals surface area contributed by atoms with E-state index < -0.39 is 48.4 Å². The number of hydroxylamine groups is 1. The number of hydrogen-bond donors (Lipinski definition) is 1. The van der Waals surface area contributed by atoms with Crippen LogP contribution in [0.25, 0.3) is 5.57 Å². The maximum absolute atomic E-state index is 16.0. The number of allylic oxidation sites excluding steroid dienone is 2. The molecule has 1 aliphatic carbocycles. The predicted octanol–water partition coefficient (Wildman–Crippen LogP) is 6.08. The minimum absolute atomic E-state index is 0.0121. The Kier molecular flexibility index (Phi) is 6.58. The Morgan fingerprint density at radius 2 is 1.94 bits per heavy atom. The van der Waals surface area contributed by atoms with Crippen molar-refractivity contribution in [3.05, 3.63) is 46.8 Å². The van der Waals surface area contributed by atoms with E-state index in [2.05, 4.69) is 5.48 Å². The lowest BCUT2D eigenvalue weighted by molar-refractivity contribution is -0.0797. The molecule has 35 heavy (non-hydrogen) atoms. The molecule has 10 heteroatoms. The minimum Gasteiger partial charge on any atom is -0.296 e. The van der Waals surface area contributed by atoms with Crippen LogP contribution in [0.5, 0.6) is 0 Å². The number of hydrogen-bond acceptors (Lipinski definition) is 6. The summed E-state index contributed by atoms with van der Waals surface area (Å²) in [4.78, 5) is 5.66. The lowest BCUT2D eigenvalue weighted by Crippen LogP contribution is -2.46. The first-order valence-electron chi connectivity index (χ1n) is 11.6. The molecule has 4 bridgehead atoms. The number of thioether (sulfide) groups is 1.